The maximum absolute atomic E-state index is 14.1. The summed E-state index contributed by atoms with van der Waals surface area (Å²) in [6, 6.07) is 11.5. The Bertz CT molecular complexity index is 1220. The van der Waals surface area contributed by atoms with Crippen molar-refractivity contribution in [3.8, 4) is 17.2 Å². The van der Waals surface area contributed by atoms with Crippen LogP contribution in [-0.4, -0.2) is 36.8 Å². The molecule has 0 bridgehead atoms. The molecule has 2 aromatic carbocycles. The molecule has 1 aromatic heterocycles. The lowest BCUT2D eigenvalue weighted by Gasteiger charge is -2.11. The van der Waals surface area contributed by atoms with Gasteiger partial charge in [0.15, 0.2) is 11.5 Å². The van der Waals surface area contributed by atoms with Crippen LogP contribution >= 0.6 is 0 Å². The molecule has 1 aliphatic carbocycles. The van der Waals surface area contributed by atoms with Gasteiger partial charge in [0.2, 0.25) is 5.75 Å². The standard InChI is InChI=1S/C25H23FN2O4/c1-14-18(9-15-10-22(31-2)24(29)23(11-15)32-3)17-7-6-16(26)12-19(17)20(14)13-28-25(30)21-5-4-8-27-21/h4-12,27,29H,13H2,1-3H3,(H,28,30). The minimum absolute atomic E-state index is 0.0778. The van der Waals surface area contributed by atoms with E-state index in [9.17, 15) is 14.3 Å². The van der Waals surface area contributed by atoms with Gasteiger partial charge in [-0.15, -0.1) is 0 Å². The molecule has 4 rings (SSSR count). The summed E-state index contributed by atoms with van der Waals surface area (Å²) in [7, 11) is 2.93. The summed E-state index contributed by atoms with van der Waals surface area (Å²) in [6.45, 7) is 2.19. The quantitative estimate of drug-likeness (QED) is 0.528. The highest BCUT2D eigenvalue weighted by Crippen LogP contribution is 2.44. The van der Waals surface area contributed by atoms with Gasteiger partial charge in [0.25, 0.3) is 5.91 Å². The average Bonchev–Trinajstić information content (AvgIpc) is 3.41. The number of methoxy groups -OCH3 is 2. The number of carbonyl (C=O) groups is 1. The molecule has 0 atom stereocenters. The lowest BCUT2D eigenvalue weighted by molar-refractivity contribution is 0.0954. The lowest BCUT2D eigenvalue weighted by Crippen LogP contribution is -2.25. The number of allylic oxidation sites excluding steroid dienone is 2. The van der Waals surface area contributed by atoms with Crippen LogP contribution in [0.2, 0.25) is 0 Å². The summed E-state index contributed by atoms with van der Waals surface area (Å²) in [5.74, 6) is -0.0918. The van der Waals surface area contributed by atoms with Crippen molar-refractivity contribution in [2.24, 2.45) is 0 Å². The fourth-order valence-corrected chi connectivity index (χ4v) is 3.88. The normalized spacial score (nSPS) is 13.9. The first-order chi connectivity index (χ1) is 15.4. The van der Waals surface area contributed by atoms with Gasteiger partial charge >= 0.3 is 0 Å². The van der Waals surface area contributed by atoms with Gasteiger partial charge in [-0.1, -0.05) is 6.07 Å². The number of carbonyl (C=O) groups excluding carboxylic acids is 1. The van der Waals surface area contributed by atoms with E-state index in [4.69, 9.17) is 9.47 Å². The molecule has 0 spiro atoms. The van der Waals surface area contributed by atoms with Crippen LogP contribution in [0.1, 0.15) is 34.1 Å². The number of aromatic hydroxyl groups is 1. The van der Waals surface area contributed by atoms with Crippen LogP contribution in [0.25, 0.3) is 17.2 Å². The second-order valence-corrected chi connectivity index (χ2v) is 7.39. The maximum atomic E-state index is 14.1. The molecule has 6 nitrogen and oxygen atoms in total. The Labute approximate surface area is 185 Å². The lowest BCUT2D eigenvalue weighted by atomic mass is 10.00. The topological polar surface area (TPSA) is 83.6 Å². The molecule has 1 aliphatic rings. The fourth-order valence-electron chi connectivity index (χ4n) is 3.88. The second kappa shape index (κ2) is 8.63. The van der Waals surface area contributed by atoms with Crippen LogP contribution in [0.4, 0.5) is 4.39 Å². The minimum Gasteiger partial charge on any atom is -0.502 e. The number of hydrogen-bond donors (Lipinski definition) is 3. The van der Waals surface area contributed by atoms with E-state index in [1.165, 1.54) is 26.4 Å². The van der Waals surface area contributed by atoms with Crippen LogP contribution in [0, 0.1) is 5.82 Å². The summed E-state index contributed by atoms with van der Waals surface area (Å²) in [6.07, 6.45) is 3.61. The van der Waals surface area contributed by atoms with E-state index in [-0.39, 0.29) is 35.5 Å². The van der Waals surface area contributed by atoms with Gasteiger partial charge in [-0.2, -0.15) is 0 Å². The smallest absolute Gasteiger partial charge is 0.267 e. The SMILES string of the molecule is COc1cc(C=C2C(C)=C(CNC(=O)c3ccc[nH]3)c3cc(F)ccc32)cc(OC)c1O. The third kappa shape index (κ3) is 3.85. The first-order valence-electron chi connectivity index (χ1n) is 10.0. The van der Waals surface area contributed by atoms with Gasteiger partial charge in [0.05, 0.1) is 14.2 Å². The van der Waals surface area contributed by atoms with E-state index in [0.717, 1.165) is 33.4 Å². The summed E-state index contributed by atoms with van der Waals surface area (Å²) in [5, 5.41) is 13.1. The van der Waals surface area contributed by atoms with Crippen molar-refractivity contribution in [1.29, 1.82) is 0 Å². The van der Waals surface area contributed by atoms with Crippen molar-refractivity contribution in [1.82, 2.24) is 10.3 Å². The molecule has 0 saturated carbocycles. The van der Waals surface area contributed by atoms with Crippen molar-refractivity contribution in [2.75, 3.05) is 20.8 Å². The number of phenolic OH excluding ortho intramolecular Hbond substituents is 1. The van der Waals surface area contributed by atoms with Crippen LogP contribution < -0.4 is 14.8 Å². The predicted octanol–water partition coefficient (Wildman–Crippen LogP) is 4.63. The van der Waals surface area contributed by atoms with Crippen molar-refractivity contribution >= 4 is 23.1 Å². The molecule has 164 valence electrons. The number of rotatable bonds is 6. The third-order valence-electron chi connectivity index (χ3n) is 5.54. The molecule has 32 heavy (non-hydrogen) atoms. The molecular weight excluding hydrogens is 411 g/mol. The number of hydrogen-bond acceptors (Lipinski definition) is 4. The largest absolute Gasteiger partial charge is 0.502 e. The van der Waals surface area contributed by atoms with Crippen molar-refractivity contribution in [2.45, 2.75) is 6.92 Å². The highest BCUT2D eigenvalue weighted by Gasteiger charge is 2.25. The molecule has 7 heteroatoms. The monoisotopic (exact) mass is 434 g/mol. The molecule has 0 aliphatic heterocycles. The van der Waals surface area contributed by atoms with Gasteiger partial charge in [-0.3, -0.25) is 4.79 Å². The maximum Gasteiger partial charge on any atom is 0.267 e. The third-order valence-corrected chi connectivity index (χ3v) is 5.54. The zero-order valence-corrected chi connectivity index (χ0v) is 18.0. The number of H-pyrrole nitrogens is 1. The van der Waals surface area contributed by atoms with E-state index in [1.54, 1.807) is 36.5 Å². The zero-order valence-electron chi connectivity index (χ0n) is 18.0. The number of fused-ring (bicyclic) bond motifs is 1. The predicted molar refractivity (Wildman–Crippen MR) is 121 cm³/mol. The van der Waals surface area contributed by atoms with Crippen LogP contribution in [-0.2, 0) is 0 Å². The molecule has 0 saturated heterocycles. The van der Waals surface area contributed by atoms with Gasteiger partial charge in [0, 0.05) is 12.7 Å². The van der Waals surface area contributed by atoms with E-state index >= 15 is 0 Å². The van der Waals surface area contributed by atoms with Crippen molar-refractivity contribution in [3.05, 3.63) is 82.4 Å². The second-order valence-electron chi connectivity index (χ2n) is 7.39. The van der Waals surface area contributed by atoms with E-state index in [1.807, 2.05) is 13.0 Å². The summed E-state index contributed by atoms with van der Waals surface area (Å²) >= 11 is 0. The highest BCUT2D eigenvalue weighted by atomic mass is 19.1. The summed E-state index contributed by atoms with van der Waals surface area (Å²) < 4.78 is 24.6. The molecule has 3 N–H and O–H groups in total. The molecule has 0 unspecified atom stereocenters. The molecule has 0 fully saturated rings. The van der Waals surface area contributed by atoms with Crippen LogP contribution in [0.3, 0.4) is 0 Å². The number of aromatic amines is 1. The van der Waals surface area contributed by atoms with Crippen molar-refractivity contribution < 1.29 is 23.8 Å². The van der Waals surface area contributed by atoms with Crippen LogP contribution in [0.15, 0.2) is 54.2 Å². The Hall–Kier alpha value is -4.00. The Morgan fingerprint density at radius 2 is 1.84 bits per heavy atom. The van der Waals surface area contributed by atoms with Gasteiger partial charge in [-0.25, -0.2) is 4.39 Å². The van der Waals surface area contributed by atoms with Gasteiger partial charge in [-0.05, 0) is 82.8 Å². The highest BCUT2D eigenvalue weighted by molar-refractivity contribution is 6.06. The molecule has 1 heterocycles. The number of benzene rings is 2. The molecule has 0 radical (unpaired) electrons. The molecule has 1 amide bonds. The van der Waals surface area contributed by atoms with E-state index in [2.05, 4.69) is 10.3 Å². The number of nitrogens with one attached hydrogen (secondary N) is 2. The first kappa shape index (κ1) is 21.2. The number of phenols is 1. The molecule has 3 aromatic rings. The Kier molecular flexibility index (Phi) is 5.73. The minimum atomic E-state index is -0.348. The van der Waals surface area contributed by atoms with Gasteiger partial charge < -0.3 is 24.9 Å². The fraction of sp³-hybridized carbons (Fsp3) is 0.160. The number of halogens is 1. The summed E-state index contributed by atoms with van der Waals surface area (Å²) in [5.41, 5.74) is 5.44. The van der Waals surface area contributed by atoms with Crippen molar-refractivity contribution in [3.63, 3.8) is 0 Å². The van der Waals surface area contributed by atoms with E-state index in [0.29, 0.717) is 5.69 Å². The van der Waals surface area contributed by atoms with E-state index < -0.39 is 0 Å². The van der Waals surface area contributed by atoms with Gasteiger partial charge in [0.1, 0.15) is 11.5 Å². The number of amides is 1. The first-order valence-corrected chi connectivity index (χ1v) is 10.0. The van der Waals surface area contributed by atoms with Crippen LogP contribution in [0.5, 0.6) is 17.2 Å². The Balaban J connectivity index is 1.75. The number of ether oxygens (including phenoxy) is 2. The Morgan fingerprint density at radius 3 is 2.47 bits per heavy atom. The molecular formula is C25H23FN2O4. The number of aromatic nitrogens is 1. The Morgan fingerprint density at radius 1 is 1.12 bits per heavy atom. The average molecular weight is 434 g/mol. The summed E-state index contributed by atoms with van der Waals surface area (Å²) in [4.78, 5) is 15.3. The zero-order chi connectivity index (χ0) is 22.8.